The fourth-order valence-electron chi connectivity index (χ4n) is 4.49. The molecular formula is C29H48SSi. The minimum absolute atomic E-state index is 0.962. The smallest absolute Gasteiger partial charge is 0.0473 e. The van der Waals surface area contributed by atoms with E-state index in [1.54, 1.807) is 4.88 Å². The van der Waals surface area contributed by atoms with Gasteiger partial charge in [-0.1, -0.05) is 128 Å². The normalized spacial score (nSPS) is 11.9. The van der Waals surface area contributed by atoms with Crippen molar-refractivity contribution >= 4 is 19.4 Å². The topological polar surface area (TPSA) is 0 Å². The van der Waals surface area contributed by atoms with Gasteiger partial charge in [-0.25, -0.2) is 0 Å². The van der Waals surface area contributed by atoms with E-state index in [2.05, 4.69) is 63.3 Å². The molecule has 0 unspecified atom stereocenters. The molecule has 0 nitrogen and oxygen atoms in total. The van der Waals surface area contributed by atoms with Crippen molar-refractivity contribution in [1.29, 1.82) is 0 Å². The molecule has 174 valence electrons. The van der Waals surface area contributed by atoms with E-state index >= 15 is 0 Å². The van der Waals surface area contributed by atoms with E-state index in [-0.39, 0.29) is 0 Å². The van der Waals surface area contributed by atoms with E-state index in [1.807, 2.05) is 11.3 Å². The Balaban J connectivity index is 1.69. The number of unbranched alkanes of at least 4 members (excludes halogenated alkanes) is 8. The van der Waals surface area contributed by atoms with Crippen LogP contribution in [0.3, 0.4) is 0 Å². The van der Waals surface area contributed by atoms with Gasteiger partial charge in [-0.05, 0) is 42.5 Å². The molecule has 0 amide bonds. The third kappa shape index (κ3) is 11.0. The summed E-state index contributed by atoms with van der Waals surface area (Å²) >= 11 is 2.00. The monoisotopic (exact) mass is 456 g/mol. The van der Waals surface area contributed by atoms with Gasteiger partial charge in [-0.15, -0.1) is 11.3 Å². The third-order valence-corrected chi connectivity index (χ3v) is 11.3. The molecule has 0 aliphatic heterocycles. The number of hydrogen-bond acceptors (Lipinski definition) is 1. The van der Waals surface area contributed by atoms with E-state index in [0.29, 0.717) is 0 Å². The lowest BCUT2D eigenvalue weighted by Crippen LogP contribution is -2.24. The van der Waals surface area contributed by atoms with Crippen molar-refractivity contribution in [2.45, 2.75) is 123 Å². The van der Waals surface area contributed by atoms with Crippen LogP contribution in [0.5, 0.6) is 0 Å². The molecule has 0 bridgehead atoms. The molecule has 2 rings (SSSR count). The Hall–Kier alpha value is -0.863. The van der Waals surface area contributed by atoms with E-state index in [9.17, 15) is 0 Å². The SMILES string of the molecule is CCCCCCCCCCc1ccc(-c2ccc(CCC[Si](C)(C)CCCC)cc2)s1. The summed E-state index contributed by atoms with van der Waals surface area (Å²) in [5, 5.41) is 0. The molecule has 31 heavy (non-hydrogen) atoms. The van der Waals surface area contributed by atoms with E-state index in [4.69, 9.17) is 0 Å². The zero-order valence-electron chi connectivity index (χ0n) is 21.0. The first-order valence-electron chi connectivity index (χ1n) is 13.2. The van der Waals surface area contributed by atoms with Gasteiger partial charge in [0, 0.05) is 17.8 Å². The molecule has 0 radical (unpaired) electrons. The molecule has 0 N–H and O–H groups in total. The Kier molecular flexibility index (Phi) is 12.8. The van der Waals surface area contributed by atoms with Crippen molar-refractivity contribution < 1.29 is 0 Å². The maximum absolute atomic E-state index is 2.58. The van der Waals surface area contributed by atoms with Crippen LogP contribution in [0.4, 0.5) is 0 Å². The van der Waals surface area contributed by atoms with Gasteiger partial charge in [0.05, 0.1) is 0 Å². The number of hydrogen-bond donors (Lipinski definition) is 0. The molecule has 2 aromatic rings. The fraction of sp³-hybridized carbons (Fsp3) is 0.655. The summed E-state index contributed by atoms with van der Waals surface area (Å²) in [6.07, 6.45) is 17.9. The second-order valence-electron chi connectivity index (χ2n) is 10.3. The van der Waals surface area contributed by atoms with Crippen molar-refractivity contribution in [3.8, 4) is 10.4 Å². The zero-order chi connectivity index (χ0) is 22.4. The van der Waals surface area contributed by atoms with Crippen LogP contribution in [0.25, 0.3) is 10.4 Å². The van der Waals surface area contributed by atoms with Crippen molar-refractivity contribution in [3.63, 3.8) is 0 Å². The van der Waals surface area contributed by atoms with Crippen LogP contribution in [0.1, 0.15) is 94.9 Å². The standard InChI is InChI=1S/C29H48SSi/c1-5-7-9-10-11-12-13-14-17-28-22-23-29(30-28)27-20-18-26(19-21-27)16-15-25-31(3,4)24-8-6-2/h18-23H,5-17,24-25H2,1-4H3. The molecule has 0 fully saturated rings. The Morgan fingerprint density at radius 1 is 0.613 bits per heavy atom. The molecule has 1 heterocycles. The molecule has 0 spiro atoms. The number of rotatable bonds is 17. The predicted molar refractivity (Wildman–Crippen MR) is 146 cm³/mol. The van der Waals surface area contributed by atoms with Gasteiger partial charge in [-0.3, -0.25) is 0 Å². The second-order valence-corrected chi connectivity index (χ2v) is 16.8. The molecule has 0 saturated carbocycles. The van der Waals surface area contributed by atoms with Crippen molar-refractivity contribution in [3.05, 3.63) is 46.8 Å². The molecule has 0 aliphatic rings. The minimum atomic E-state index is -0.962. The van der Waals surface area contributed by atoms with Gasteiger partial charge in [0.15, 0.2) is 0 Å². The molecular weight excluding hydrogens is 408 g/mol. The van der Waals surface area contributed by atoms with Crippen LogP contribution < -0.4 is 0 Å². The Labute approximate surface area is 198 Å². The largest absolute Gasteiger partial charge is 0.140 e. The summed E-state index contributed by atoms with van der Waals surface area (Å²) in [4.78, 5) is 3.00. The highest BCUT2D eigenvalue weighted by Gasteiger charge is 2.18. The van der Waals surface area contributed by atoms with Crippen molar-refractivity contribution in [1.82, 2.24) is 0 Å². The van der Waals surface area contributed by atoms with Crippen LogP contribution in [-0.2, 0) is 12.8 Å². The van der Waals surface area contributed by atoms with E-state index < -0.39 is 8.07 Å². The predicted octanol–water partition coefficient (Wildman–Crippen LogP) is 10.5. The van der Waals surface area contributed by atoms with Crippen LogP contribution >= 0.6 is 11.3 Å². The van der Waals surface area contributed by atoms with Crippen LogP contribution in [0, 0.1) is 0 Å². The van der Waals surface area contributed by atoms with Crippen LogP contribution in [0.15, 0.2) is 36.4 Å². The molecule has 0 atom stereocenters. The van der Waals surface area contributed by atoms with Gasteiger partial charge in [0.25, 0.3) is 0 Å². The Bertz CT molecular complexity index is 698. The first kappa shape index (κ1) is 26.4. The highest BCUT2D eigenvalue weighted by molar-refractivity contribution is 7.15. The molecule has 1 aromatic heterocycles. The molecule has 0 saturated heterocycles. The molecule has 1 aromatic carbocycles. The lowest BCUT2D eigenvalue weighted by molar-refractivity contribution is 0.576. The second kappa shape index (κ2) is 15.1. The van der Waals surface area contributed by atoms with Gasteiger partial charge >= 0.3 is 0 Å². The fourth-order valence-corrected chi connectivity index (χ4v) is 8.24. The molecule has 0 aliphatic carbocycles. The Morgan fingerprint density at radius 3 is 1.90 bits per heavy atom. The van der Waals surface area contributed by atoms with Crippen LogP contribution in [0.2, 0.25) is 25.2 Å². The van der Waals surface area contributed by atoms with Crippen molar-refractivity contribution in [2.75, 3.05) is 0 Å². The minimum Gasteiger partial charge on any atom is -0.140 e. The maximum Gasteiger partial charge on any atom is 0.0473 e. The van der Waals surface area contributed by atoms with Gasteiger partial charge in [0.2, 0.25) is 0 Å². The van der Waals surface area contributed by atoms with Gasteiger partial charge in [0.1, 0.15) is 0 Å². The summed E-state index contributed by atoms with van der Waals surface area (Å²) in [5.41, 5.74) is 2.91. The summed E-state index contributed by atoms with van der Waals surface area (Å²) in [7, 11) is -0.962. The molecule has 2 heteroatoms. The van der Waals surface area contributed by atoms with E-state index in [0.717, 1.165) is 0 Å². The van der Waals surface area contributed by atoms with Crippen LogP contribution in [-0.4, -0.2) is 8.07 Å². The number of aryl methyl sites for hydroxylation is 2. The van der Waals surface area contributed by atoms with Gasteiger partial charge < -0.3 is 0 Å². The first-order valence-corrected chi connectivity index (χ1v) is 17.4. The maximum atomic E-state index is 2.58. The van der Waals surface area contributed by atoms with E-state index in [1.165, 1.54) is 112 Å². The quantitative estimate of drug-likeness (QED) is 0.164. The first-order chi connectivity index (χ1) is 15.0. The average molecular weight is 457 g/mol. The number of thiophene rings is 1. The summed E-state index contributed by atoms with van der Waals surface area (Å²) in [6, 6.07) is 17.1. The lowest BCUT2D eigenvalue weighted by atomic mass is 10.1. The number of benzene rings is 1. The van der Waals surface area contributed by atoms with Crippen molar-refractivity contribution in [2.24, 2.45) is 0 Å². The summed E-state index contributed by atoms with van der Waals surface area (Å²) < 4.78 is 0. The summed E-state index contributed by atoms with van der Waals surface area (Å²) in [5.74, 6) is 0. The average Bonchev–Trinajstić information content (AvgIpc) is 3.23. The summed E-state index contributed by atoms with van der Waals surface area (Å²) in [6.45, 7) is 9.77. The van der Waals surface area contributed by atoms with Gasteiger partial charge in [-0.2, -0.15) is 0 Å². The lowest BCUT2D eigenvalue weighted by Gasteiger charge is -2.21. The highest BCUT2D eigenvalue weighted by Crippen LogP contribution is 2.30. The third-order valence-electron chi connectivity index (χ3n) is 6.70. The Morgan fingerprint density at radius 2 is 1.23 bits per heavy atom. The zero-order valence-corrected chi connectivity index (χ0v) is 22.8. The highest BCUT2D eigenvalue weighted by atomic mass is 32.1.